The predicted molar refractivity (Wildman–Crippen MR) is 78.4 cm³/mol. The second kappa shape index (κ2) is 6.52. The molecule has 23 heavy (non-hydrogen) atoms. The van der Waals surface area contributed by atoms with E-state index in [2.05, 4.69) is 10.5 Å². The molecule has 0 fully saturated rings. The fourth-order valence-corrected chi connectivity index (χ4v) is 1.81. The van der Waals surface area contributed by atoms with Gasteiger partial charge in [0.15, 0.2) is 5.58 Å². The van der Waals surface area contributed by atoms with Crippen LogP contribution >= 0.6 is 0 Å². The SMILES string of the molecule is CC(C)(C)OC(=O)NCCOc1noc2ccc(F)c(C#N)c12. The van der Waals surface area contributed by atoms with Gasteiger partial charge in [0, 0.05) is 0 Å². The van der Waals surface area contributed by atoms with E-state index in [1.165, 1.54) is 6.07 Å². The van der Waals surface area contributed by atoms with Crippen molar-refractivity contribution in [2.24, 2.45) is 0 Å². The standard InChI is InChI=1S/C15H16FN3O4/c1-15(2,3)22-14(20)18-6-7-21-13-12-9(8-17)10(16)4-5-11(12)23-19-13/h4-5H,6-7H2,1-3H3,(H,18,20). The van der Waals surface area contributed by atoms with E-state index in [0.717, 1.165) is 6.07 Å². The van der Waals surface area contributed by atoms with Crippen molar-refractivity contribution in [2.45, 2.75) is 26.4 Å². The van der Waals surface area contributed by atoms with Crippen LogP contribution in [0.2, 0.25) is 0 Å². The summed E-state index contributed by atoms with van der Waals surface area (Å²) in [6, 6.07) is 4.24. The summed E-state index contributed by atoms with van der Waals surface area (Å²) >= 11 is 0. The molecule has 0 saturated carbocycles. The Morgan fingerprint density at radius 3 is 2.87 bits per heavy atom. The van der Waals surface area contributed by atoms with Gasteiger partial charge in [0.2, 0.25) is 0 Å². The highest BCUT2D eigenvalue weighted by Gasteiger charge is 2.18. The van der Waals surface area contributed by atoms with Gasteiger partial charge < -0.3 is 19.3 Å². The molecule has 1 aromatic carbocycles. The zero-order chi connectivity index (χ0) is 17.0. The Labute approximate surface area is 131 Å². The van der Waals surface area contributed by atoms with Gasteiger partial charge in [-0.15, -0.1) is 0 Å². The maximum Gasteiger partial charge on any atom is 0.407 e. The number of ether oxygens (including phenoxy) is 2. The zero-order valence-corrected chi connectivity index (χ0v) is 13.0. The number of fused-ring (bicyclic) bond motifs is 1. The molecule has 0 unspecified atom stereocenters. The normalized spacial score (nSPS) is 11.1. The van der Waals surface area contributed by atoms with Gasteiger partial charge in [-0.25, -0.2) is 9.18 Å². The summed E-state index contributed by atoms with van der Waals surface area (Å²) in [7, 11) is 0. The molecule has 0 aliphatic heterocycles. The number of amides is 1. The van der Waals surface area contributed by atoms with Crippen LogP contribution in [0.5, 0.6) is 5.88 Å². The van der Waals surface area contributed by atoms with E-state index in [-0.39, 0.29) is 35.6 Å². The molecule has 1 aromatic heterocycles. The molecule has 0 spiro atoms. The molecule has 7 nitrogen and oxygen atoms in total. The molecule has 2 rings (SSSR count). The summed E-state index contributed by atoms with van der Waals surface area (Å²) in [4.78, 5) is 11.5. The molecule has 122 valence electrons. The minimum atomic E-state index is -0.681. The number of aromatic nitrogens is 1. The summed E-state index contributed by atoms with van der Waals surface area (Å²) < 4.78 is 29.0. The molecule has 0 radical (unpaired) electrons. The Hall–Kier alpha value is -2.82. The lowest BCUT2D eigenvalue weighted by atomic mass is 10.1. The number of rotatable bonds is 4. The van der Waals surface area contributed by atoms with E-state index in [9.17, 15) is 9.18 Å². The average Bonchev–Trinajstić information content (AvgIpc) is 2.85. The quantitative estimate of drug-likeness (QED) is 0.870. The predicted octanol–water partition coefficient (Wildman–Crippen LogP) is 2.74. The first kappa shape index (κ1) is 16.5. The number of hydrogen-bond donors (Lipinski definition) is 1. The first-order chi connectivity index (χ1) is 10.8. The average molecular weight is 321 g/mol. The second-order valence-corrected chi connectivity index (χ2v) is 5.67. The van der Waals surface area contributed by atoms with Gasteiger partial charge in [-0.05, 0) is 38.1 Å². The van der Waals surface area contributed by atoms with Gasteiger partial charge in [-0.2, -0.15) is 5.26 Å². The highest BCUT2D eigenvalue weighted by molar-refractivity contribution is 5.88. The van der Waals surface area contributed by atoms with Gasteiger partial charge in [-0.1, -0.05) is 0 Å². The fourth-order valence-electron chi connectivity index (χ4n) is 1.81. The molecule has 2 aromatic rings. The summed E-state index contributed by atoms with van der Waals surface area (Å²) in [5.74, 6) is -0.679. The fraction of sp³-hybridized carbons (Fsp3) is 0.400. The molecule has 0 atom stereocenters. The van der Waals surface area contributed by atoms with Crippen molar-refractivity contribution >= 4 is 17.1 Å². The van der Waals surface area contributed by atoms with Crippen molar-refractivity contribution in [3.05, 3.63) is 23.5 Å². The Morgan fingerprint density at radius 2 is 2.22 bits per heavy atom. The smallest absolute Gasteiger partial charge is 0.407 e. The number of halogens is 1. The Kier molecular flexibility index (Phi) is 4.69. The van der Waals surface area contributed by atoms with Crippen LogP contribution in [0, 0.1) is 17.1 Å². The number of benzene rings is 1. The number of hydrogen-bond acceptors (Lipinski definition) is 6. The summed E-state index contributed by atoms with van der Waals surface area (Å²) in [5.41, 5.74) is -0.538. The van der Waals surface area contributed by atoms with Crippen LogP contribution in [0.1, 0.15) is 26.3 Å². The van der Waals surface area contributed by atoms with Crippen LogP contribution in [-0.4, -0.2) is 30.0 Å². The third-order valence-corrected chi connectivity index (χ3v) is 2.68. The van der Waals surface area contributed by atoms with Crippen molar-refractivity contribution < 1.29 is 23.2 Å². The number of nitriles is 1. The van der Waals surface area contributed by atoms with E-state index in [4.69, 9.17) is 19.3 Å². The van der Waals surface area contributed by atoms with Crippen molar-refractivity contribution in [2.75, 3.05) is 13.2 Å². The molecule has 0 aliphatic carbocycles. The minimum Gasteiger partial charge on any atom is -0.473 e. The van der Waals surface area contributed by atoms with Crippen LogP contribution in [0.3, 0.4) is 0 Å². The van der Waals surface area contributed by atoms with Crippen molar-refractivity contribution in [1.29, 1.82) is 5.26 Å². The second-order valence-electron chi connectivity index (χ2n) is 5.67. The van der Waals surface area contributed by atoms with Gasteiger partial charge >= 0.3 is 6.09 Å². The number of carbonyl (C=O) groups excluding carboxylic acids is 1. The largest absolute Gasteiger partial charge is 0.473 e. The van der Waals surface area contributed by atoms with Gasteiger partial charge in [0.25, 0.3) is 5.88 Å². The zero-order valence-electron chi connectivity index (χ0n) is 13.0. The highest BCUT2D eigenvalue weighted by atomic mass is 19.1. The Balaban J connectivity index is 1.97. The maximum absolute atomic E-state index is 13.6. The lowest BCUT2D eigenvalue weighted by Gasteiger charge is -2.19. The monoisotopic (exact) mass is 321 g/mol. The topological polar surface area (TPSA) is 97.4 Å². The molecule has 1 N–H and O–H groups in total. The van der Waals surface area contributed by atoms with E-state index in [0.29, 0.717) is 0 Å². The molecular weight excluding hydrogens is 305 g/mol. The van der Waals surface area contributed by atoms with E-state index >= 15 is 0 Å². The van der Waals surface area contributed by atoms with Crippen LogP contribution in [0.4, 0.5) is 9.18 Å². The molecule has 1 amide bonds. The van der Waals surface area contributed by atoms with E-state index in [1.54, 1.807) is 26.8 Å². The van der Waals surface area contributed by atoms with Crippen LogP contribution < -0.4 is 10.1 Å². The third kappa shape index (κ3) is 4.10. The van der Waals surface area contributed by atoms with Gasteiger partial charge in [0.1, 0.15) is 35.0 Å². The molecule has 0 aliphatic rings. The minimum absolute atomic E-state index is 0.00189. The first-order valence-electron chi connectivity index (χ1n) is 6.89. The summed E-state index contributed by atoms with van der Waals surface area (Å²) in [6.45, 7) is 5.47. The van der Waals surface area contributed by atoms with E-state index < -0.39 is 17.5 Å². The highest BCUT2D eigenvalue weighted by Crippen LogP contribution is 2.29. The molecular formula is C15H16FN3O4. The van der Waals surface area contributed by atoms with Crippen LogP contribution in [0.15, 0.2) is 16.7 Å². The third-order valence-electron chi connectivity index (χ3n) is 2.68. The van der Waals surface area contributed by atoms with Crippen molar-refractivity contribution in [3.8, 4) is 11.9 Å². The molecule has 0 saturated heterocycles. The molecule has 0 bridgehead atoms. The number of nitrogens with one attached hydrogen (secondary N) is 1. The molecule has 1 heterocycles. The van der Waals surface area contributed by atoms with Crippen LogP contribution in [0.25, 0.3) is 11.0 Å². The summed E-state index contributed by atoms with van der Waals surface area (Å²) in [5, 5.41) is 15.4. The van der Waals surface area contributed by atoms with E-state index in [1.807, 2.05) is 0 Å². The Morgan fingerprint density at radius 1 is 1.48 bits per heavy atom. The first-order valence-corrected chi connectivity index (χ1v) is 6.89. The van der Waals surface area contributed by atoms with Gasteiger partial charge in [-0.3, -0.25) is 0 Å². The summed E-state index contributed by atoms with van der Waals surface area (Å²) in [6.07, 6.45) is -0.574. The molecule has 8 heteroatoms. The lowest BCUT2D eigenvalue weighted by Crippen LogP contribution is -2.34. The lowest BCUT2D eigenvalue weighted by molar-refractivity contribution is 0.0520. The maximum atomic E-state index is 13.6. The number of alkyl carbamates (subject to hydrolysis) is 1. The van der Waals surface area contributed by atoms with Gasteiger partial charge in [0.05, 0.1) is 6.54 Å². The number of nitrogens with zero attached hydrogens (tertiary/aromatic N) is 2. The van der Waals surface area contributed by atoms with Crippen molar-refractivity contribution in [1.82, 2.24) is 10.5 Å². The van der Waals surface area contributed by atoms with Crippen LogP contribution in [-0.2, 0) is 4.74 Å². The number of carbonyl (C=O) groups is 1. The Bertz CT molecular complexity index is 758. The van der Waals surface area contributed by atoms with Crippen molar-refractivity contribution in [3.63, 3.8) is 0 Å².